The average Bonchev–Trinajstić information content (AvgIpc) is 2.51. The molecule has 0 fully saturated rings. The van der Waals surface area contributed by atoms with E-state index in [2.05, 4.69) is 5.32 Å². The van der Waals surface area contributed by atoms with Crippen LogP contribution in [0.25, 0.3) is 0 Å². The Morgan fingerprint density at radius 1 is 1.18 bits per heavy atom. The highest BCUT2D eigenvalue weighted by Crippen LogP contribution is 2.16. The lowest BCUT2D eigenvalue weighted by atomic mass is 10.1. The fraction of sp³-hybridized carbons (Fsp3) is 0.278. The number of rotatable bonds is 7. The zero-order valence-corrected chi connectivity index (χ0v) is 13.4. The van der Waals surface area contributed by atoms with Gasteiger partial charge in [-0.05, 0) is 49.1 Å². The minimum atomic E-state index is -0.110. The first-order valence-corrected chi connectivity index (χ1v) is 7.72. The fourth-order valence-electron chi connectivity index (χ4n) is 2.11. The summed E-state index contributed by atoms with van der Waals surface area (Å²) in [4.78, 5) is 11.7. The summed E-state index contributed by atoms with van der Waals surface area (Å²) in [6.45, 7) is 2.64. The van der Waals surface area contributed by atoms with Crippen LogP contribution in [-0.2, 0) is 11.2 Å². The van der Waals surface area contributed by atoms with Gasteiger partial charge < -0.3 is 10.1 Å². The van der Waals surface area contributed by atoms with E-state index >= 15 is 0 Å². The van der Waals surface area contributed by atoms with Crippen LogP contribution in [0.4, 0.5) is 0 Å². The first kappa shape index (κ1) is 16.4. The van der Waals surface area contributed by atoms with Crippen LogP contribution in [0.5, 0.6) is 5.75 Å². The smallest absolute Gasteiger partial charge is 0.257 e. The second-order valence-electron chi connectivity index (χ2n) is 5.15. The first-order chi connectivity index (χ1) is 10.6. The summed E-state index contributed by atoms with van der Waals surface area (Å²) in [5, 5.41) is 3.62. The molecule has 0 bridgehead atoms. The van der Waals surface area contributed by atoms with Crippen molar-refractivity contribution < 1.29 is 9.53 Å². The van der Waals surface area contributed by atoms with Crippen molar-refractivity contribution in [1.29, 1.82) is 0 Å². The molecule has 0 aliphatic rings. The summed E-state index contributed by atoms with van der Waals surface area (Å²) in [7, 11) is 0. The van der Waals surface area contributed by atoms with E-state index in [0.717, 1.165) is 29.0 Å². The van der Waals surface area contributed by atoms with E-state index in [9.17, 15) is 4.79 Å². The summed E-state index contributed by atoms with van der Waals surface area (Å²) < 4.78 is 5.45. The van der Waals surface area contributed by atoms with Crippen molar-refractivity contribution in [3.8, 4) is 5.75 Å². The van der Waals surface area contributed by atoms with Gasteiger partial charge in [-0.1, -0.05) is 41.9 Å². The number of amides is 1. The number of aryl methyl sites for hydroxylation is 2. The van der Waals surface area contributed by atoms with E-state index in [-0.39, 0.29) is 12.5 Å². The number of nitrogens with one attached hydrogen (secondary N) is 1. The molecule has 1 amide bonds. The maximum atomic E-state index is 11.7. The molecule has 0 atom stereocenters. The Hall–Kier alpha value is -2.00. The average molecular weight is 318 g/mol. The van der Waals surface area contributed by atoms with Gasteiger partial charge in [0.1, 0.15) is 5.75 Å². The highest BCUT2D eigenvalue weighted by atomic mass is 35.5. The molecule has 0 aliphatic heterocycles. The molecule has 2 aromatic carbocycles. The van der Waals surface area contributed by atoms with Crippen molar-refractivity contribution in [3.63, 3.8) is 0 Å². The molecule has 0 saturated carbocycles. The van der Waals surface area contributed by atoms with E-state index in [1.807, 2.05) is 55.5 Å². The predicted molar refractivity (Wildman–Crippen MR) is 89.5 cm³/mol. The van der Waals surface area contributed by atoms with Crippen LogP contribution in [0.1, 0.15) is 17.5 Å². The number of ether oxygens (including phenoxy) is 1. The van der Waals surface area contributed by atoms with Crippen molar-refractivity contribution in [2.75, 3.05) is 13.2 Å². The first-order valence-electron chi connectivity index (χ1n) is 7.35. The molecule has 0 spiro atoms. The van der Waals surface area contributed by atoms with Gasteiger partial charge in [-0.25, -0.2) is 0 Å². The highest BCUT2D eigenvalue weighted by molar-refractivity contribution is 6.31. The van der Waals surface area contributed by atoms with Crippen LogP contribution in [0.3, 0.4) is 0 Å². The normalized spacial score (nSPS) is 10.3. The number of carbonyl (C=O) groups excluding carboxylic acids is 1. The summed E-state index contributed by atoms with van der Waals surface area (Å²) >= 11 is 6.09. The number of benzene rings is 2. The van der Waals surface area contributed by atoms with Gasteiger partial charge in [-0.3, -0.25) is 4.79 Å². The third-order valence-electron chi connectivity index (χ3n) is 3.26. The minimum Gasteiger partial charge on any atom is -0.484 e. The number of carbonyl (C=O) groups is 1. The second kappa shape index (κ2) is 8.44. The van der Waals surface area contributed by atoms with Crippen LogP contribution in [0, 0.1) is 6.92 Å². The third-order valence-corrected chi connectivity index (χ3v) is 3.63. The van der Waals surface area contributed by atoms with Gasteiger partial charge in [-0.15, -0.1) is 0 Å². The highest BCUT2D eigenvalue weighted by Gasteiger charge is 2.03. The van der Waals surface area contributed by atoms with E-state index in [1.165, 1.54) is 0 Å². The number of halogens is 1. The van der Waals surface area contributed by atoms with Crippen molar-refractivity contribution in [1.82, 2.24) is 5.32 Å². The molecule has 0 aliphatic carbocycles. The quantitative estimate of drug-likeness (QED) is 0.789. The molecule has 0 unspecified atom stereocenters. The molecule has 0 heterocycles. The molecule has 0 radical (unpaired) electrons. The SMILES string of the molecule is Cc1cccc(OCC(=O)NCCCc2ccccc2Cl)c1. The molecule has 4 heteroatoms. The van der Waals surface area contributed by atoms with Crippen molar-refractivity contribution in [3.05, 3.63) is 64.7 Å². The van der Waals surface area contributed by atoms with Crippen LogP contribution >= 0.6 is 11.6 Å². The fourth-order valence-corrected chi connectivity index (χ4v) is 2.34. The van der Waals surface area contributed by atoms with Crippen LogP contribution in [0.15, 0.2) is 48.5 Å². The van der Waals surface area contributed by atoms with Crippen LogP contribution < -0.4 is 10.1 Å². The minimum absolute atomic E-state index is 0.0372. The van der Waals surface area contributed by atoms with Crippen LogP contribution in [0.2, 0.25) is 5.02 Å². The Kier molecular flexibility index (Phi) is 6.28. The van der Waals surface area contributed by atoms with Crippen molar-refractivity contribution in [2.24, 2.45) is 0 Å². The molecular weight excluding hydrogens is 298 g/mol. The largest absolute Gasteiger partial charge is 0.484 e. The Balaban J connectivity index is 1.65. The van der Waals surface area contributed by atoms with Gasteiger partial charge in [0.25, 0.3) is 5.91 Å². The zero-order chi connectivity index (χ0) is 15.8. The third kappa shape index (κ3) is 5.41. The van der Waals surface area contributed by atoms with Gasteiger partial charge in [0.2, 0.25) is 0 Å². The molecule has 22 heavy (non-hydrogen) atoms. The molecular formula is C18H20ClNO2. The number of hydrogen-bond donors (Lipinski definition) is 1. The van der Waals surface area contributed by atoms with E-state index in [0.29, 0.717) is 12.3 Å². The summed E-state index contributed by atoms with van der Waals surface area (Å²) in [5.41, 5.74) is 2.21. The Morgan fingerprint density at radius 2 is 2.00 bits per heavy atom. The Bertz CT molecular complexity index is 628. The standard InChI is InChI=1S/C18H20ClNO2/c1-14-6-4-9-16(12-14)22-13-18(21)20-11-5-8-15-7-2-3-10-17(15)19/h2-4,6-7,9-10,12H,5,8,11,13H2,1H3,(H,20,21). The monoisotopic (exact) mass is 317 g/mol. The topological polar surface area (TPSA) is 38.3 Å². The van der Waals surface area contributed by atoms with Crippen molar-refractivity contribution >= 4 is 17.5 Å². The zero-order valence-electron chi connectivity index (χ0n) is 12.6. The second-order valence-corrected chi connectivity index (χ2v) is 5.56. The van der Waals surface area contributed by atoms with Crippen LogP contribution in [-0.4, -0.2) is 19.1 Å². The van der Waals surface area contributed by atoms with Gasteiger partial charge in [0, 0.05) is 11.6 Å². The van der Waals surface area contributed by atoms with Gasteiger partial charge >= 0.3 is 0 Å². The van der Waals surface area contributed by atoms with Gasteiger partial charge in [0.15, 0.2) is 6.61 Å². The van der Waals surface area contributed by atoms with Gasteiger partial charge in [0.05, 0.1) is 0 Å². The van der Waals surface area contributed by atoms with Gasteiger partial charge in [-0.2, -0.15) is 0 Å². The van der Waals surface area contributed by atoms with E-state index in [4.69, 9.17) is 16.3 Å². The number of hydrogen-bond acceptors (Lipinski definition) is 2. The van der Waals surface area contributed by atoms with Crippen molar-refractivity contribution in [2.45, 2.75) is 19.8 Å². The molecule has 2 aromatic rings. The molecule has 0 aromatic heterocycles. The van der Waals surface area contributed by atoms with E-state index < -0.39 is 0 Å². The summed E-state index contributed by atoms with van der Waals surface area (Å²) in [6, 6.07) is 15.4. The lowest BCUT2D eigenvalue weighted by Gasteiger charge is -2.08. The summed E-state index contributed by atoms with van der Waals surface area (Å²) in [6.07, 6.45) is 1.69. The lowest BCUT2D eigenvalue weighted by molar-refractivity contribution is -0.123. The summed E-state index contributed by atoms with van der Waals surface area (Å²) in [5.74, 6) is 0.604. The lowest BCUT2D eigenvalue weighted by Crippen LogP contribution is -2.29. The molecule has 2 rings (SSSR count). The molecule has 3 nitrogen and oxygen atoms in total. The molecule has 116 valence electrons. The maximum Gasteiger partial charge on any atom is 0.257 e. The predicted octanol–water partition coefficient (Wildman–Crippen LogP) is 3.78. The maximum absolute atomic E-state index is 11.7. The molecule has 0 saturated heterocycles. The Morgan fingerprint density at radius 3 is 2.77 bits per heavy atom. The van der Waals surface area contributed by atoms with E-state index in [1.54, 1.807) is 0 Å². The molecule has 1 N–H and O–H groups in total. The Labute approximate surface area is 136 Å².